The van der Waals surface area contributed by atoms with Crippen molar-refractivity contribution in [1.82, 2.24) is 14.9 Å². The van der Waals surface area contributed by atoms with E-state index in [2.05, 4.69) is 59.6 Å². The zero-order valence-corrected chi connectivity index (χ0v) is 17.1. The number of hydrogen-bond acceptors (Lipinski definition) is 5. The molecule has 0 radical (unpaired) electrons. The van der Waals surface area contributed by atoms with E-state index in [0.717, 1.165) is 12.8 Å². The van der Waals surface area contributed by atoms with E-state index in [1.54, 1.807) is 0 Å². The quantitative estimate of drug-likeness (QED) is 0.725. The summed E-state index contributed by atoms with van der Waals surface area (Å²) < 4.78 is 35.9. The fraction of sp³-hybridized carbons (Fsp3) is 0.364. The number of aromatic nitrogens is 2. The number of benzene rings is 1. The predicted molar refractivity (Wildman–Crippen MR) is 114 cm³/mol. The number of allylic oxidation sites excluding steroid dienone is 1. The Morgan fingerprint density at radius 2 is 1.87 bits per heavy atom. The highest BCUT2D eigenvalue weighted by Crippen LogP contribution is 2.43. The molecule has 4 N–H and O–H groups in total. The van der Waals surface area contributed by atoms with Crippen LogP contribution in [0.5, 0.6) is 0 Å². The maximum atomic E-state index is 12.0. The lowest BCUT2D eigenvalue weighted by atomic mass is 9.92. The Labute approximate surface area is 174 Å². The van der Waals surface area contributed by atoms with Crippen molar-refractivity contribution < 1.29 is 13.2 Å². The molecule has 0 bridgehead atoms. The van der Waals surface area contributed by atoms with Crippen LogP contribution in [0.2, 0.25) is 0 Å². The first-order valence-electron chi connectivity index (χ1n) is 9.93. The fourth-order valence-electron chi connectivity index (χ4n) is 3.62. The van der Waals surface area contributed by atoms with Gasteiger partial charge in [0.05, 0.1) is 0 Å². The van der Waals surface area contributed by atoms with Gasteiger partial charge in [0.1, 0.15) is 11.4 Å². The van der Waals surface area contributed by atoms with Crippen LogP contribution in [0.4, 0.5) is 24.9 Å². The van der Waals surface area contributed by atoms with Crippen LogP contribution in [-0.4, -0.2) is 20.9 Å². The van der Waals surface area contributed by atoms with Crippen molar-refractivity contribution >= 4 is 23.5 Å². The normalized spacial score (nSPS) is 15.8. The predicted octanol–water partition coefficient (Wildman–Crippen LogP) is 5.11. The van der Waals surface area contributed by atoms with E-state index in [4.69, 9.17) is 11.5 Å². The molecular formula is C22H26F3N5. The molecule has 2 aromatic rings. The largest absolute Gasteiger partial charge is 0.421 e. The van der Waals surface area contributed by atoms with Crippen molar-refractivity contribution in [1.29, 1.82) is 0 Å². The topological polar surface area (TPSA) is 81.1 Å². The number of nitrogens with zero attached hydrogens (tertiary/aromatic N) is 3. The van der Waals surface area contributed by atoms with Crippen LogP contribution in [0.25, 0.3) is 11.8 Å². The zero-order chi connectivity index (χ0) is 22.1. The van der Waals surface area contributed by atoms with Crippen molar-refractivity contribution in [3.63, 3.8) is 0 Å². The average molecular weight is 417 g/mol. The van der Waals surface area contributed by atoms with Gasteiger partial charge in [0.15, 0.2) is 0 Å². The number of aryl methyl sites for hydroxylation is 1. The molecule has 30 heavy (non-hydrogen) atoms. The third kappa shape index (κ3) is 4.42. The molecule has 0 spiro atoms. The average Bonchev–Trinajstić information content (AvgIpc) is 3.51. The van der Waals surface area contributed by atoms with Gasteiger partial charge < -0.3 is 16.4 Å². The van der Waals surface area contributed by atoms with Crippen LogP contribution in [0, 0.1) is 0 Å². The van der Waals surface area contributed by atoms with Gasteiger partial charge in [0.2, 0.25) is 5.95 Å². The first-order chi connectivity index (χ1) is 14.2. The van der Waals surface area contributed by atoms with E-state index in [0.29, 0.717) is 12.2 Å². The second kappa shape index (κ2) is 8.38. The lowest BCUT2D eigenvalue weighted by Crippen LogP contribution is -2.26. The maximum Gasteiger partial charge on any atom is 0.421 e. The molecule has 0 saturated heterocycles. The monoisotopic (exact) mass is 417 g/mol. The second-order valence-corrected chi connectivity index (χ2v) is 7.30. The SMILES string of the molecule is C=C1c2c(cccc2CC)C=C(CC)N1C1CC1.Nc1ncc(C(F)(F)F)c(N)n1. The Kier molecular flexibility index (Phi) is 6.05. The summed E-state index contributed by atoms with van der Waals surface area (Å²) in [4.78, 5) is 8.83. The van der Waals surface area contributed by atoms with Crippen molar-refractivity contribution in [2.24, 2.45) is 0 Å². The Morgan fingerprint density at radius 3 is 2.40 bits per heavy atom. The van der Waals surface area contributed by atoms with E-state index < -0.39 is 17.6 Å². The second-order valence-electron chi connectivity index (χ2n) is 7.30. The molecule has 1 saturated carbocycles. The van der Waals surface area contributed by atoms with E-state index in [1.807, 2.05) is 0 Å². The first kappa shape index (κ1) is 21.7. The number of fused-ring (bicyclic) bond motifs is 1. The van der Waals surface area contributed by atoms with Crippen LogP contribution in [0.1, 0.15) is 55.4 Å². The van der Waals surface area contributed by atoms with Crippen LogP contribution in [-0.2, 0) is 12.6 Å². The van der Waals surface area contributed by atoms with Crippen molar-refractivity contribution in [3.05, 3.63) is 58.9 Å². The minimum atomic E-state index is -4.53. The summed E-state index contributed by atoms with van der Waals surface area (Å²) in [5.41, 5.74) is 15.7. The molecule has 2 heterocycles. The van der Waals surface area contributed by atoms with Gasteiger partial charge in [-0.25, -0.2) is 4.98 Å². The van der Waals surface area contributed by atoms with Crippen LogP contribution in [0.15, 0.2) is 36.7 Å². The van der Waals surface area contributed by atoms with Gasteiger partial charge in [-0.2, -0.15) is 18.2 Å². The van der Waals surface area contributed by atoms with Gasteiger partial charge in [-0.1, -0.05) is 38.6 Å². The van der Waals surface area contributed by atoms with Gasteiger partial charge in [0, 0.05) is 29.2 Å². The van der Waals surface area contributed by atoms with Crippen LogP contribution in [0.3, 0.4) is 0 Å². The molecule has 160 valence electrons. The van der Waals surface area contributed by atoms with Gasteiger partial charge in [-0.05, 0) is 42.9 Å². The highest BCUT2D eigenvalue weighted by molar-refractivity contribution is 5.80. The molecule has 1 aromatic carbocycles. The number of anilines is 2. The Bertz CT molecular complexity index is 977. The fourth-order valence-corrected chi connectivity index (χ4v) is 3.62. The summed E-state index contributed by atoms with van der Waals surface area (Å²) in [6.07, 6.45) is 3.19. The maximum absolute atomic E-state index is 12.0. The van der Waals surface area contributed by atoms with E-state index in [9.17, 15) is 13.2 Å². The minimum absolute atomic E-state index is 0.277. The smallest absolute Gasteiger partial charge is 0.383 e. The highest BCUT2D eigenvalue weighted by Gasteiger charge is 2.35. The standard InChI is InChI=1S/C17H21N.C5H5F3N4/c1-4-13-7-6-8-14-11-15(5-2)18(16-9-10-16)12(3)17(13)14;6-5(7,8)2-1-11-4(10)12-3(2)9/h6-8,11,16H,3-5,9-10H2,1-2H3;1H,(H4,9,10,11,12). The molecular weight excluding hydrogens is 391 g/mol. The summed E-state index contributed by atoms with van der Waals surface area (Å²) in [5, 5.41) is 0. The van der Waals surface area contributed by atoms with Gasteiger partial charge >= 0.3 is 6.18 Å². The zero-order valence-electron chi connectivity index (χ0n) is 17.1. The van der Waals surface area contributed by atoms with Crippen LogP contribution < -0.4 is 11.5 Å². The molecule has 0 atom stereocenters. The number of halogens is 3. The number of rotatable bonds is 3. The summed E-state index contributed by atoms with van der Waals surface area (Å²) in [5.74, 6) is -0.935. The highest BCUT2D eigenvalue weighted by atomic mass is 19.4. The summed E-state index contributed by atoms with van der Waals surface area (Å²) >= 11 is 0. The summed E-state index contributed by atoms with van der Waals surface area (Å²) in [7, 11) is 0. The molecule has 1 fully saturated rings. The number of alkyl halides is 3. The Hall–Kier alpha value is -3.03. The number of nitrogens with two attached hydrogens (primary N) is 2. The summed E-state index contributed by atoms with van der Waals surface area (Å²) in [6, 6.07) is 7.34. The van der Waals surface area contributed by atoms with Crippen LogP contribution >= 0.6 is 0 Å². The minimum Gasteiger partial charge on any atom is -0.383 e. The molecule has 1 aromatic heterocycles. The van der Waals surface area contributed by atoms with Crippen molar-refractivity contribution in [2.45, 2.75) is 51.7 Å². The van der Waals surface area contributed by atoms with E-state index in [-0.39, 0.29) is 5.95 Å². The first-order valence-corrected chi connectivity index (χ1v) is 9.93. The van der Waals surface area contributed by atoms with E-state index in [1.165, 1.54) is 40.9 Å². The molecule has 2 aliphatic rings. The van der Waals surface area contributed by atoms with Gasteiger partial charge in [-0.15, -0.1) is 0 Å². The third-order valence-corrected chi connectivity index (χ3v) is 5.19. The lowest BCUT2D eigenvalue weighted by Gasteiger charge is -2.34. The van der Waals surface area contributed by atoms with E-state index >= 15 is 0 Å². The third-order valence-electron chi connectivity index (χ3n) is 5.19. The number of nitrogen functional groups attached to an aromatic ring is 2. The van der Waals surface area contributed by atoms with Gasteiger partial charge in [-0.3, -0.25) is 0 Å². The molecule has 0 unspecified atom stereocenters. The summed E-state index contributed by atoms with van der Waals surface area (Å²) in [6.45, 7) is 8.85. The van der Waals surface area contributed by atoms with Gasteiger partial charge in [0.25, 0.3) is 0 Å². The van der Waals surface area contributed by atoms with Crippen molar-refractivity contribution in [2.75, 3.05) is 11.5 Å². The molecule has 5 nitrogen and oxygen atoms in total. The van der Waals surface area contributed by atoms with Crippen molar-refractivity contribution in [3.8, 4) is 0 Å². The molecule has 0 amide bonds. The molecule has 1 aliphatic carbocycles. The molecule has 1 aliphatic heterocycles. The Balaban J connectivity index is 0.000000187. The molecule has 8 heteroatoms. The lowest BCUT2D eigenvalue weighted by molar-refractivity contribution is -0.137. The number of hydrogen-bond donors (Lipinski definition) is 2. The molecule has 4 rings (SSSR count). The Morgan fingerprint density at radius 1 is 1.17 bits per heavy atom.